The molecule has 0 saturated carbocycles. The third-order valence-electron chi connectivity index (χ3n) is 3.93. The fourth-order valence-corrected chi connectivity index (χ4v) is 3.77. The van der Waals surface area contributed by atoms with E-state index < -0.39 is 32.7 Å². The summed E-state index contributed by atoms with van der Waals surface area (Å²) < 4.78 is 38.4. The topological polar surface area (TPSA) is 110 Å². The SMILES string of the molecule is Cc1c(NC(=O)[C@@H](C)N(c2ccc(F)cc2)S(C)(=O)=O)cccc1[N+](=O)[O-]. The monoisotopic (exact) mass is 395 g/mol. The minimum absolute atomic E-state index is 0.123. The summed E-state index contributed by atoms with van der Waals surface area (Å²) >= 11 is 0. The van der Waals surface area contributed by atoms with Crippen LogP contribution in [0.3, 0.4) is 0 Å². The molecular formula is C17H18FN3O5S. The summed E-state index contributed by atoms with van der Waals surface area (Å²) in [6.07, 6.45) is 0.929. The minimum atomic E-state index is -3.86. The van der Waals surface area contributed by atoms with Gasteiger partial charge in [0.1, 0.15) is 11.9 Å². The molecule has 2 rings (SSSR count). The summed E-state index contributed by atoms with van der Waals surface area (Å²) in [5, 5.41) is 13.5. The zero-order valence-electron chi connectivity index (χ0n) is 14.8. The summed E-state index contributed by atoms with van der Waals surface area (Å²) in [5.41, 5.74) is 0.403. The van der Waals surface area contributed by atoms with Crippen LogP contribution in [0.15, 0.2) is 42.5 Å². The molecule has 1 atom stereocenters. The Labute approximate surface area is 155 Å². The number of carbonyl (C=O) groups is 1. The van der Waals surface area contributed by atoms with E-state index in [-0.39, 0.29) is 22.6 Å². The van der Waals surface area contributed by atoms with Crippen LogP contribution in [0.1, 0.15) is 12.5 Å². The van der Waals surface area contributed by atoms with Crippen molar-refractivity contribution in [2.24, 2.45) is 0 Å². The van der Waals surface area contributed by atoms with E-state index in [0.717, 1.165) is 22.7 Å². The minimum Gasteiger partial charge on any atom is -0.324 e. The highest BCUT2D eigenvalue weighted by molar-refractivity contribution is 7.92. The van der Waals surface area contributed by atoms with Crippen LogP contribution in [0.4, 0.5) is 21.5 Å². The van der Waals surface area contributed by atoms with Gasteiger partial charge in [-0.2, -0.15) is 0 Å². The second-order valence-electron chi connectivity index (χ2n) is 5.91. The van der Waals surface area contributed by atoms with Gasteiger partial charge in [0.25, 0.3) is 5.69 Å². The maximum Gasteiger partial charge on any atom is 0.274 e. The fourth-order valence-electron chi connectivity index (χ4n) is 2.59. The average Bonchev–Trinajstić information content (AvgIpc) is 2.57. The van der Waals surface area contributed by atoms with E-state index >= 15 is 0 Å². The maximum atomic E-state index is 13.1. The van der Waals surface area contributed by atoms with Crippen molar-refractivity contribution < 1.29 is 22.5 Å². The number of amides is 1. The number of rotatable bonds is 6. The van der Waals surface area contributed by atoms with E-state index in [0.29, 0.717) is 0 Å². The molecular weight excluding hydrogens is 377 g/mol. The molecule has 0 unspecified atom stereocenters. The van der Waals surface area contributed by atoms with Gasteiger partial charge in [-0.05, 0) is 44.2 Å². The molecule has 27 heavy (non-hydrogen) atoms. The van der Waals surface area contributed by atoms with Gasteiger partial charge in [-0.1, -0.05) is 6.07 Å². The molecule has 0 aliphatic heterocycles. The maximum absolute atomic E-state index is 13.1. The molecule has 0 bridgehead atoms. The molecule has 1 amide bonds. The lowest BCUT2D eigenvalue weighted by molar-refractivity contribution is -0.385. The molecule has 0 aromatic heterocycles. The first-order valence-electron chi connectivity index (χ1n) is 7.82. The van der Waals surface area contributed by atoms with Gasteiger partial charge < -0.3 is 5.32 Å². The van der Waals surface area contributed by atoms with Crippen molar-refractivity contribution >= 4 is 33.0 Å². The standard InChI is InChI=1S/C17H18FN3O5S/c1-11-15(5-4-6-16(11)21(23)24)19-17(22)12(2)20(27(3,25)26)14-9-7-13(18)8-10-14/h4-10,12H,1-3H3,(H,19,22)/t12-/m1/s1. The normalized spacial score (nSPS) is 12.3. The third kappa shape index (κ3) is 4.59. The van der Waals surface area contributed by atoms with Crippen LogP contribution in [-0.2, 0) is 14.8 Å². The zero-order valence-corrected chi connectivity index (χ0v) is 15.7. The molecule has 0 spiro atoms. The number of nitrogens with zero attached hydrogens (tertiary/aromatic N) is 2. The van der Waals surface area contributed by atoms with Gasteiger partial charge in [-0.25, -0.2) is 12.8 Å². The van der Waals surface area contributed by atoms with Gasteiger partial charge in [0.2, 0.25) is 15.9 Å². The number of halogens is 1. The molecule has 0 aliphatic rings. The number of sulfonamides is 1. The first kappa shape index (κ1) is 20.3. The first-order valence-corrected chi connectivity index (χ1v) is 9.67. The van der Waals surface area contributed by atoms with Gasteiger partial charge in [-0.15, -0.1) is 0 Å². The predicted molar refractivity (Wildman–Crippen MR) is 99.6 cm³/mol. The Morgan fingerprint density at radius 2 is 1.81 bits per heavy atom. The van der Waals surface area contributed by atoms with Crippen molar-refractivity contribution in [2.45, 2.75) is 19.9 Å². The molecule has 0 saturated heterocycles. The molecule has 0 aliphatic carbocycles. The molecule has 144 valence electrons. The van der Waals surface area contributed by atoms with E-state index in [1.54, 1.807) is 0 Å². The number of carbonyl (C=O) groups excluding carboxylic acids is 1. The zero-order chi connectivity index (χ0) is 20.4. The van der Waals surface area contributed by atoms with Crippen LogP contribution in [0.5, 0.6) is 0 Å². The van der Waals surface area contributed by atoms with Gasteiger partial charge in [0, 0.05) is 6.07 Å². The number of anilines is 2. The number of benzene rings is 2. The van der Waals surface area contributed by atoms with E-state index in [4.69, 9.17) is 0 Å². The average molecular weight is 395 g/mol. The summed E-state index contributed by atoms with van der Waals surface area (Å²) in [6, 6.07) is 7.69. The van der Waals surface area contributed by atoms with Crippen molar-refractivity contribution in [3.8, 4) is 0 Å². The Morgan fingerprint density at radius 3 is 2.33 bits per heavy atom. The van der Waals surface area contributed by atoms with E-state index in [9.17, 15) is 27.7 Å². The Hall–Kier alpha value is -3.01. The number of hydrogen-bond donors (Lipinski definition) is 1. The van der Waals surface area contributed by atoms with Gasteiger partial charge >= 0.3 is 0 Å². The Morgan fingerprint density at radius 1 is 1.22 bits per heavy atom. The molecule has 1 N–H and O–H groups in total. The van der Waals surface area contributed by atoms with Crippen LogP contribution < -0.4 is 9.62 Å². The Kier molecular flexibility index (Phi) is 5.79. The van der Waals surface area contributed by atoms with Gasteiger partial charge in [0.05, 0.1) is 28.1 Å². The van der Waals surface area contributed by atoms with Crippen LogP contribution >= 0.6 is 0 Å². The number of nitrogens with one attached hydrogen (secondary N) is 1. The van der Waals surface area contributed by atoms with Gasteiger partial charge in [0.15, 0.2) is 0 Å². The quantitative estimate of drug-likeness (QED) is 0.597. The Balaban J connectivity index is 2.35. The number of hydrogen-bond acceptors (Lipinski definition) is 5. The summed E-state index contributed by atoms with van der Waals surface area (Å²) in [7, 11) is -3.86. The predicted octanol–water partition coefficient (Wildman–Crippen LogP) is 2.84. The largest absolute Gasteiger partial charge is 0.324 e. The second-order valence-corrected chi connectivity index (χ2v) is 7.77. The van der Waals surface area contributed by atoms with Crippen LogP contribution in [-0.4, -0.2) is 31.5 Å². The molecule has 2 aromatic carbocycles. The molecule has 0 radical (unpaired) electrons. The molecule has 10 heteroatoms. The second kappa shape index (κ2) is 7.70. The summed E-state index contributed by atoms with van der Waals surface area (Å²) in [6.45, 7) is 2.85. The highest BCUT2D eigenvalue weighted by Gasteiger charge is 2.29. The third-order valence-corrected chi connectivity index (χ3v) is 5.17. The molecule has 0 fully saturated rings. The van der Waals surface area contributed by atoms with Crippen LogP contribution in [0.2, 0.25) is 0 Å². The lowest BCUT2D eigenvalue weighted by Crippen LogP contribution is -2.45. The van der Waals surface area contributed by atoms with Crippen molar-refractivity contribution in [1.82, 2.24) is 0 Å². The molecule has 8 nitrogen and oxygen atoms in total. The number of nitro benzene ring substituents is 1. The first-order chi connectivity index (χ1) is 12.5. The summed E-state index contributed by atoms with van der Waals surface area (Å²) in [4.78, 5) is 23.1. The van der Waals surface area contributed by atoms with Crippen LogP contribution in [0, 0.1) is 22.9 Å². The Bertz CT molecular complexity index is 977. The molecule has 0 heterocycles. The highest BCUT2D eigenvalue weighted by Crippen LogP contribution is 2.26. The molecule has 2 aromatic rings. The van der Waals surface area contributed by atoms with Gasteiger partial charge in [-0.3, -0.25) is 19.2 Å². The smallest absolute Gasteiger partial charge is 0.274 e. The van der Waals surface area contributed by atoms with Crippen molar-refractivity contribution in [2.75, 3.05) is 15.9 Å². The fraction of sp³-hybridized carbons (Fsp3) is 0.235. The lowest BCUT2D eigenvalue weighted by Gasteiger charge is -2.28. The highest BCUT2D eigenvalue weighted by atomic mass is 32.2. The van der Waals surface area contributed by atoms with Crippen molar-refractivity contribution in [3.63, 3.8) is 0 Å². The van der Waals surface area contributed by atoms with E-state index in [2.05, 4.69) is 5.32 Å². The van der Waals surface area contributed by atoms with E-state index in [1.165, 1.54) is 44.2 Å². The lowest BCUT2D eigenvalue weighted by atomic mass is 10.1. The number of nitro groups is 1. The summed E-state index contributed by atoms with van der Waals surface area (Å²) in [5.74, 6) is -1.23. The van der Waals surface area contributed by atoms with E-state index in [1.807, 2.05) is 0 Å². The van der Waals surface area contributed by atoms with Crippen molar-refractivity contribution in [3.05, 3.63) is 64.0 Å². The van der Waals surface area contributed by atoms with Crippen molar-refractivity contribution in [1.29, 1.82) is 0 Å². The van der Waals surface area contributed by atoms with Crippen LogP contribution in [0.25, 0.3) is 0 Å².